The summed E-state index contributed by atoms with van der Waals surface area (Å²) < 4.78 is 15.6. The first kappa shape index (κ1) is 26.8. The number of anilines is 2. The van der Waals surface area contributed by atoms with Crippen molar-refractivity contribution in [1.29, 1.82) is 0 Å². The highest BCUT2D eigenvalue weighted by Crippen LogP contribution is 2.42. The fraction of sp³-hybridized carbons (Fsp3) is 0.258. The van der Waals surface area contributed by atoms with Crippen molar-refractivity contribution in [3.05, 3.63) is 83.1 Å². The molecule has 2 aliphatic rings. The van der Waals surface area contributed by atoms with Gasteiger partial charge in [0.05, 0.1) is 18.8 Å². The van der Waals surface area contributed by atoms with E-state index in [4.69, 9.17) is 0 Å². The van der Waals surface area contributed by atoms with E-state index in [2.05, 4.69) is 9.97 Å². The van der Waals surface area contributed by atoms with Gasteiger partial charge in [-0.1, -0.05) is 65.9 Å². The smallest absolute Gasteiger partial charge is 0.304 e. The Morgan fingerprint density at radius 1 is 1.12 bits per heavy atom. The molecule has 0 saturated heterocycles. The molecule has 2 aromatic carbocycles. The molecule has 2 amide bonds. The van der Waals surface area contributed by atoms with Gasteiger partial charge >= 0.3 is 5.97 Å². The van der Waals surface area contributed by atoms with Crippen molar-refractivity contribution in [2.45, 2.75) is 38.1 Å². The number of halogens is 1. The Bertz CT molecular complexity index is 1650. The Balaban J connectivity index is 1.35. The number of carbonyl (C=O) groups excluding carboxylic acids is 2. The van der Waals surface area contributed by atoms with Crippen LogP contribution in [0.3, 0.4) is 0 Å². The van der Waals surface area contributed by atoms with E-state index in [1.165, 1.54) is 9.80 Å². The summed E-state index contributed by atoms with van der Waals surface area (Å²) in [7, 11) is 1.69. The highest BCUT2D eigenvalue weighted by Gasteiger charge is 2.40. The number of amides is 2. The number of fused-ring (bicyclic) bond motifs is 1. The lowest BCUT2D eigenvalue weighted by Gasteiger charge is -2.24. The van der Waals surface area contributed by atoms with Crippen LogP contribution < -0.4 is 9.80 Å². The second-order valence-corrected chi connectivity index (χ2v) is 11.4. The van der Waals surface area contributed by atoms with Crippen LogP contribution in [-0.2, 0) is 27.2 Å². The van der Waals surface area contributed by atoms with Crippen LogP contribution in [0.5, 0.6) is 0 Å². The van der Waals surface area contributed by atoms with Crippen LogP contribution in [0.2, 0.25) is 0 Å². The number of carbonyl (C=O) groups is 3. The molecule has 208 valence electrons. The molecule has 8 nitrogen and oxygen atoms in total. The Labute approximate surface area is 240 Å². The zero-order valence-corrected chi connectivity index (χ0v) is 23.1. The number of aromatic nitrogens is 2. The number of carboxylic acids is 1. The molecule has 0 spiro atoms. The van der Waals surface area contributed by atoms with Gasteiger partial charge in [-0.05, 0) is 36.5 Å². The van der Waals surface area contributed by atoms with Crippen LogP contribution in [0.15, 0.2) is 66.9 Å². The molecule has 1 saturated carbocycles. The molecule has 1 atom stereocenters. The van der Waals surface area contributed by atoms with E-state index in [1.807, 2.05) is 48.5 Å². The number of rotatable bonds is 9. The molecule has 1 aliphatic heterocycles. The zero-order valence-electron chi connectivity index (χ0n) is 22.3. The van der Waals surface area contributed by atoms with Crippen molar-refractivity contribution in [2.24, 2.45) is 5.92 Å². The monoisotopic (exact) mass is 570 g/mol. The molecular formula is C31H27FN4O4S. The summed E-state index contributed by atoms with van der Waals surface area (Å²) in [5.74, 6) is -1.65. The van der Waals surface area contributed by atoms with Gasteiger partial charge in [0, 0.05) is 36.0 Å². The molecule has 1 N–H and O–H groups in total. The molecule has 10 heteroatoms. The molecular weight excluding hydrogens is 543 g/mol. The summed E-state index contributed by atoms with van der Waals surface area (Å²) in [4.78, 5) is 49.9. The van der Waals surface area contributed by atoms with Crippen LogP contribution in [0.4, 0.5) is 15.3 Å². The lowest BCUT2D eigenvalue weighted by Crippen LogP contribution is -2.39. The third-order valence-corrected chi connectivity index (χ3v) is 8.34. The summed E-state index contributed by atoms with van der Waals surface area (Å²) in [5.41, 5.74) is 3.76. The number of thiazole rings is 1. The number of aliphatic carboxylic acids is 1. The molecule has 41 heavy (non-hydrogen) atoms. The lowest BCUT2D eigenvalue weighted by molar-refractivity contribution is -0.140. The van der Waals surface area contributed by atoms with Crippen molar-refractivity contribution < 1.29 is 23.9 Å². The summed E-state index contributed by atoms with van der Waals surface area (Å²) in [6, 6.07) is 18.3. The minimum Gasteiger partial charge on any atom is -0.481 e. The Morgan fingerprint density at radius 3 is 2.54 bits per heavy atom. The summed E-state index contributed by atoms with van der Waals surface area (Å²) in [6.45, 7) is 0. The van der Waals surface area contributed by atoms with E-state index in [-0.39, 0.29) is 47.9 Å². The molecule has 6 rings (SSSR count). The fourth-order valence-electron chi connectivity index (χ4n) is 5.30. The highest BCUT2D eigenvalue weighted by atomic mass is 32.1. The van der Waals surface area contributed by atoms with Gasteiger partial charge in [0.1, 0.15) is 11.5 Å². The van der Waals surface area contributed by atoms with Gasteiger partial charge in [0.15, 0.2) is 5.13 Å². The maximum absolute atomic E-state index is 15.6. The van der Waals surface area contributed by atoms with Crippen molar-refractivity contribution in [3.63, 3.8) is 0 Å². The van der Waals surface area contributed by atoms with Crippen LogP contribution >= 0.6 is 11.3 Å². The minimum atomic E-state index is -1.06. The third kappa shape index (κ3) is 5.35. The molecule has 2 aromatic heterocycles. The highest BCUT2D eigenvalue weighted by molar-refractivity contribution is 7.14. The summed E-state index contributed by atoms with van der Waals surface area (Å²) in [6.07, 6.45) is 3.35. The van der Waals surface area contributed by atoms with Gasteiger partial charge in [-0.2, -0.15) is 4.39 Å². The second-order valence-electron chi connectivity index (χ2n) is 10.4. The minimum absolute atomic E-state index is 0.0357. The van der Waals surface area contributed by atoms with Crippen LogP contribution in [0.25, 0.3) is 22.4 Å². The van der Waals surface area contributed by atoms with Crippen LogP contribution in [-0.4, -0.2) is 45.9 Å². The maximum Gasteiger partial charge on any atom is 0.304 e. The van der Waals surface area contributed by atoms with Crippen molar-refractivity contribution >= 4 is 40.1 Å². The molecule has 0 unspecified atom stereocenters. The molecule has 1 aliphatic carbocycles. The standard InChI is InChI=1S/C31H27FN4O4S/c1-35-25(37)15-19-14-21(17-33-29(19)35)23-9-5-6-10-24(23)27-28(32)41-31(34-27)36(22-11-12-22)30(40)20(16-26(38)39)13-18-7-3-2-4-8-18/h2-10,14,17,20,22H,11-13,15-16H2,1H3,(H,38,39)/t20-/m1/s1. The van der Waals surface area contributed by atoms with E-state index in [0.717, 1.165) is 40.9 Å². The van der Waals surface area contributed by atoms with E-state index in [0.29, 0.717) is 16.9 Å². The Kier molecular flexibility index (Phi) is 7.08. The van der Waals surface area contributed by atoms with Crippen LogP contribution in [0.1, 0.15) is 30.4 Å². The first-order valence-electron chi connectivity index (χ1n) is 13.4. The number of likely N-dealkylation sites (N-methyl/N-ethyl adjacent to an activating group) is 1. The zero-order chi connectivity index (χ0) is 28.7. The predicted molar refractivity (Wildman–Crippen MR) is 154 cm³/mol. The van der Waals surface area contributed by atoms with Gasteiger partial charge in [0.2, 0.25) is 16.9 Å². The lowest BCUT2D eigenvalue weighted by atomic mass is 9.94. The van der Waals surface area contributed by atoms with Gasteiger partial charge in [-0.15, -0.1) is 0 Å². The average Bonchev–Trinajstić information content (AvgIpc) is 3.66. The number of nitrogens with zero attached hydrogens (tertiary/aromatic N) is 4. The number of hydrogen-bond acceptors (Lipinski definition) is 6. The van der Waals surface area contributed by atoms with Gasteiger partial charge < -0.3 is 5.11 Å². The Morgan fingerprint density at radius 2 is 1.83 bits per heavy atom. The first-order valence-corrected chi connectivity index (χ1v) is 14.2. The number of pyridine rings is 1. The number of hydrogen-bond donors (Lipinski definition) is 1. The third-order valence-electron chi connectivity index (χ3n) is 7.49. The predicted octanol–water partition coefficient (Wildman–Crippen LogP) is 5.36. The SMILES string of the molecule is CN1C(=O)Cc2cc(-c3ccccc3-c3nc(N(C(=O)[C@@H](CC(=O)O)Cc4ccccc4)C4CC4)sc3F)cnc21. The van der Waals surface area contributed by atoms with Gasteiger partial charge in [-0.3, -0.25) is 24.2 Å². The van der Waals surface area contributed by atoms with Gasteiger partial charge in [-0.25, -0.2) is 9.97 Å². The molecule has 0 bridgehead atoms. The van der Waals surface area contributed by atoms with E-state index < -0.39 is 17.0 Å². The second kappa shape index (κ2) is 10.9. The maximum atomic E-state index is 15.6. The molecule has 0 radical (unpaired) electrons. The Hall–Kier alpha value is -4.44. The summed E-state index contributed by atoms with van der Waals surface area (Å²) >= 11 is 0.794. The quantitative estimate of drug-likeness (QED) is 0.291. The van der Waals surface area contributed by atoms with Crippen molar-refractivity contribution in [3.8, 4) is 22.4 Å². The van der Waals surface area contributed by atoms with Crippen molar-refractivity contribution in [1.82, 2.24) is 9.97 Å². The van der Waals surface area contributed by atoms with E-state index in [1.54, 1.807) is 25.4 Å². The van der Waals surface area contributed by atoms with Crippen molar-refractivity contribution in [2.75, 3.05) is 16.8 Å². The fourth-order valence-corrected chi connectivity index (χ4v) is 6.19. The van der Waals surface area contributed by atoms with E-state index in [9.17, 15) is 19.5 Å². The summed E-state index contributed by atoms with van der Waals surface area (Å²) in [5, 5.41) is 9.26. The first-order chi connectivity index (χ1) is 19.8. The average molecular weight is 571 g/mol. The van der Waals surface area contributed by atoms with Crippen LogP contribution in [0, 0.1) is 11.0 Å². The number of benzene rings is 2. The largest absolute Gasteiger partial charge is 0.481 e. The normalized spacial score (nSPS) is 15.1. The molecule has 1 fully saturated rings. The molecule has 4 aromatic rings. The number of carboxylic acid groups (broad SMARTS) is 1. The van der Waals surface area contributed by atoms with Gasteiger partial charge in [0.25, 0.3) is 0 Å². The topological polar surface area (TPSA) is 104 Å². The van der Waals surface area contributed by atoms with E-state index >= 15 is 4.39 Å². The molecule has 3 heterocycles.